The van der Waals surface area contributed by atoms with Crippen LogP contribution in [0.1, 0.15) is 77.2 Å². The molecule has 4 aromatic carbocycles. The van der Waals surface area contributed by atoms with Crippen LogP contribution in [0.3, 0.4) is 0 Å². The zero-order valence-electron chi connectivity index (χ0n) is 33.0. The molecule has 0 aromatic heterocycles. The number of piperidine rings is 1. The molecule has 1 unspecified atom stereocenters. The lowest BCUT2D eigenvalue weighted by Crippen LogP contribution is -2.48. The van der Waals surface area contributed by atoms with Crippen molar-refractivity contribution in [1.82, 2.24) is 20.4 Å². The van der Waals surface area contributed by atoms with E-state index in [0.29, 0.717) is 78.7 Å². The van der Waals surface area contributed by atoms with Gasteiger partial charge in [0.1, 0.15) is 41.7 Å². The number of hydrogen-bond acceptors (Lipinski definition) is 9. The van der Waals surface area contributed by atoms with Gasteiger partial charge in [-0.05, 0) is 109 Å². The Bertz CT molecular complexity index is 2320. The Balaban J connectivity index is 1.01. The first-order chi connectivity index (χ1) is 28.6. The zero-order valence-corrected chi connectivity index (χ0v) is 33.7. The van der Waals surface area contributed by atoms with Crippen LogP contribution in [0, 0.1) is 29.6 Å². The molecule has 1 spiro atoms. The number of fused-ring (bicyclic) bond motifs is 1. The van der Waals surface area contributed by atoms with E-state index in [-0.39, 0.29) is 18.6 Å². The summed E-state index contributed by atoms with van der Waals surface area (Å²) in [6, 6.07) is 24.8. The maximum Gasteiger partial charge on any atom is 0.322 e. The minimum atomic E-state index is -0.978. The van der Waals surface area contributed by atoms with Gasteiger partial charge in [-0.15, -0.1) is 0 Å². The molecule has 2 atom stereocenters. The van der Waals surface area contributed by atoms with Crippen LogP contribution in [-0.4, -0.2) is 72.8 Å². The lowest BCUT2D eigenvalue weighted by atomic mass is 9.93. The number of nitriles is 2. The molecule has 4 aliphatic rings. The minimum Gasteiger partial charge on any atom is -0.493 e. The predicted molar refractivity (Wildman–Crippen MR) is 220 cm³/mol. The molecule has 3 fully saturated rings. The summed E-state index contributed by atoms with van der Waals surface area (Å²) < 4.78 is 33.0. The molecule has 3 aliphatic heterocycles. The summed E-state index contributed by atoms with van der Waals surface area (Å²) in [7, 11) is 0. The van der Waals surface area contributed by atoms with E-state index in [1.165, 1.54) is 11.6 Å². The highest BCUT2D eigenvalue weighted by molar-refractivity contribution is 6.32. The number of alkyl halides is 1. The van der Waals surface area contributed by atoms with E-state index in [1.54, 1.807) is 18.2 Å². The van der Waals surface area contributed by atoms with E-state index >= 15 is 0 Å². The first-order valence-electron chi connectivity index (χ1n) is 20.2. The lowest BCUT2D eigenvalue weighted by molar-refractivity contribution is -0.123. The number of benzene rings is 4. The molecule has 3 amide bonds. The Morgan fingerprint density at radius 1 is 0.898 bits per heavy atom. The minimum absolute atomic E-state index is 0.0811. The van der Waals surface area contributed by atoms with Crippen molar-refractivity contribution in [2.75, 3.05) is 39.3 Å². The fraction of sp³-hybridized carbons (Fsp3) is 0.391. The number of nitrogens with one attached hydrogen (secondary N) is 2. The quantitative estimate of drug-likeness (QED) is 0.103. The summed E-state index contributed by atoms with van der Waals surface area (Å²) >= 11 is 6.99. The number of rotatable bonds is 13. The Kier molecular flexibility index (Phi) is 11.8. The number of imide groups is 1. The third-order valence-electron chi connectivity index (χ3n) is 12.0. The molecule has 304 valence electrons. The first-order valence-corrected chi connectivity index (χ1v) is 20.6. The van der Waals surface area contributed by atoms with E-state index in [4.69, 9.17) is 25.8 Å². The number of carbonyl (C=O) groups is 2. The first kappa shape index (κ1) is 40.1. The number of ether oxygens (including phenoxy) is 3. The average molecular weight is 817 g/mol. The van der Waals surface area contributed by atoms with Crippen molar-refractivity contribution < 1.29 is 28.2 Å². The number of nitrogens with zero attached hydrogens (tertiary/aromatic N) is 4. The molecule has 1 aliphatic carbocycles. The molecular weight excluding hydrogens is 771 g/mol. The van der Waals surface area contributed by atoms with E-state index < -0.39 is 17.7 Å². The van der Waals surface area contributed by atoms with Gasteiger partial charge in [0.15, 0.2) is 0 Å². The van der Waals surface area contributed by atoms with Crippen molar-refractivity contribution >= 4 is 23.5 Å². The molecule has 4 aromatic rings. The molecule has 8 rings (SSSR count). The largest absolute Gasteiger partial charge is 0.493 e. The summed E-state index contributed by atoms with van der Waals surface area (Å²) in [5.41, 5.74) is 6.79. The van der Waals surface area contributed by atoms with E-state index in [9.17, 15) is 24.5 Å². The molecule has 0 saturated carbocycles. The fourth-order valence-corrected chi connectivity index (χ4v) is 9.10. The number of likely N-dealkylation sites (tertiary alicyclic amines) is 2. The molecule has 3 saturated heterocycles. The maximum absolute atomic E-state index is 13.6. The number of amides is 3. The normalized spacial score (nSPS) is 20.5. The molecule has 0 radical (unpaired) electrons. The van der Waals surface area contributed by atoms with Gasteiger partial charge in [-0.1, -0.05) is 41.9 Å². The van der Waals surface area contributed by atoms with Crippen molar-refractivity contribution in [3.05, 3.63) is 111 Å². The second kappa shape index (κ2) is 17.3. The topological polar surface area (TPSA) is 140 Å². The molecule has 2 N–H and O–H groups in total. The van der Waals surface area contributed by atoms with Gasteiger partial charge < -0.3 is 24.4 Å². The van der Waals surface area contributed by atoms with E-state index in [2.05, 4.69) is 63.8 Å². The number of hydrogen-bond donors (Lipinski definition) is 2. The van der Waals surface area contributed by atoms with Crippen LogP contribution in [0.4, 0.5) is 9.18 Å². The third-order valence-corrected chi connectivity index (χ3v) is 12.3. The Morgan fingerprint density at radius 3 is 2.41 bits per heavy atom. The smallest absolute Gasteiger partial charge is 0.322 e. The maximum atomic E-state index is 13.6. The number of carbonyl (C=O) groups excluding carboxylic acids is 2. The van der Waals surface area contributed by atoms with Gasteiger partial charge in [0.05, 0.1) is 34.9 Å². The monoisotopic (exact) mass is 816 g/mol. The summed E-state index contributed by atoms with van der Waals surface area (Å²) in [5.74, 6) is 1.49. The van der Waals surface area contributed by atoms with Crippen LogP contribution in [0.15, 0.2) is 66.7 Å². The summed E-state index contributed by atoms with van der Waals surface area (Å²) in [6.07, 6.45) is 3.20. The van der Waals surface area contributed by atoms with Crippen LogP contribution >= 0.6 is 11.6 Å². The van der Waals surface area contributed by atoms with Crippen LogP contribution < -0.4 is 24.8 Å². The standard InChI is InChI=1S/C46H46ClFN6O5/c1-29-35(5-3-8-40(29)57-18-4-14-53-15-11-34(48)12-16-53)36-6-2-7-38-37(36)9-10-41(38)59-43-23-42(58-27-32-20-30(24-49)19-31(21-32)25-50)33(22-39(43)47)26-54-17-13-46(28-54)44(55)51-45(56)52-46/h2-3,5-8,19-23,34,41H,4,9-18,26-28H2,1H3,(H2,51,52,55,56)/t41-,46?/m0/s1. The van der Waals surface area contributed by atoms with Gasteiger partial charge in [0, 0.05) is 50.9 Å². The Hall–Kier alpha value is -5.66. The second-order valence-corrected chi connectivity index (χ2v) is 16.3. The van der Waals surface area contributed by atoms with Gasteiger partial charge in [0.25, 0.3) is 5.91 Å². The van der Waals surface area contributed by atoms with Gasteiger partial charge in [-0.2, -0.15) is 10.5 Å². The molecular formula is C46H46ClFN6O5. The summed E-state index contributed by atoms with van der Waals surface area (Å²) in [4.78, 5) is 29.1. The van der Waals surface area contributed by atoms with Crippen LogP contribution in [0.25, 0.3) is 11.1 Å². The van der Waals surface area contributed by atoms with Crippen molar-refractivity contribution in [2.45, 2.75) is 76.4 Å². The van der Waals surface area contributed by atoms with Gasteiger partial charge in [-0.25, -0.2) is 9.18 Å². The van der Waals surface area contributed by atoms with Gasteiger partial charge >= 0.3 is 6.03 Å². The fourth-order valence-electron chi connectivity index (χ4n) is 8.87. The zero-order chi connectivity index (χ0) is 41.1. The van der Waals surface area contributed by atoms with E-state index in [1.807, 2.05) is 18.2 Å². The Labute approximate surface area is 348 Å². The molecule has 59 heavy (non-hydrogen) atoms. The van der Waals surface area contributed by atoms with Crippen LogP contribution in [0.2, 0.25) is 5.02 Å². The van der Waals surface area contributed by atoms with Crippen molar-refractivity contribution in [1.29, 1.82) is 10.5 Å². The molecule has 3 heterocycles. The third kappa shape index (κ3) is 8.72. The average Bonchev–Trinajstić information content (AvgIpc) is 3.93. The highest BCUT2D eigenvalue weighted by Gasteiger charge is 2.50. The lowest BCUT2D eigenvalue weighted by Gasteiger charge is -2.28. The highest BCUT2D eigenvalue weighted by Crippen LogP contribution is 2.44. The van der Waals surface area contributed by atoms with Gasteiger partial charge in [-0.3, -0.25) is 15.0 Å². The summed E-state index contributed by atoms with van der Waals surface area (Å²) in [6.45, 7) is 6.56. The van der Waals surface area contributed by atoms with Crippen LogP contribution in [-0.2, 0) is 24.4 Å². The van der Waals surface area contributed by atoms with Crippen molar-refractivity contribution in [3.63, 3.8) is 0 Å². The Morgan fingerprint density at radius 2 is 1.66 bits per heavy atom. The number of urea groups is 1. The molecule has 11 nitrogen and oxygen atoms in total. The molecule has 0 bridgehead atoms. The van der Waals surface area contributed by atoms with Crippen LogP contribution in [0.5, 0.6) is 17.2 Å². The van der Waals surface area contributed by atoms with Gasteiger partial charge in [0.2, 0.25) is 0 Å². The van der Waals surface area contributed by atoms with Crippen molar-refractivity contribution in [3.8, 4) is 40.5 Å². The van der Waals surface area contributed by atoms with E-state index in [0.717, 1.165) is 72.5 Å². The molecule has 13 heteroatoms. The summed E-state index contributed by atoms with van der Waals surface area (Å²) in [5, 5.41) is 24.7. The SMILES string of the molecule is Cc1c(OCCCN2CCC(F)CC2)cccc1-c1cccc2c1CC[C@@H]2Oc1cc(OCc2cc(C#N)cc(C#N)c2)c(CN2CCC3(C2)NC(=O)NC3=O)cc1Cl. The second-order valence-electron chi connectivity index (χ2n) is 15.9. The highest BCUT2D eigenvalue weighted by atomic mass is 35.5. The predicted octanol–water partition coefficient (Wildman–Crippen LogP) is 7.69. The number of halogens is 2. The van der Waals surface area contributed by atoms with Crippen molar-refractivity contribution in [2.24, 2.45) is 0 Å².